The summed E-state index contributed by atoms with van der Waals surface area (Å²) in [4.78, 5) is 24.6. The molecule has 0 unspecified atom stereocenters. The van der Waals surface area contributed by atoms with E-state index in [-0.39, 0.29) is 59.2 Å². The highest BCUT2D eigenvalue weighted by Crippen LogP contribution is 2.35. The fraction of sp³-hybridized carbons (Fsp3) is 0.200. The lowest BCUT2D eigenvalue weighted by Crippen LogP contribution is -2.19. The molecule has 0 saturated heterocycles. The van der Waals surface area contributed by atoms with E-state index < -0.39 is 0 Å². The maximum atomic E-state index is 12.3. The average molecular weight is 290 g/mol. The van der Waals surface area contributed by atoms with Gasteiger partial charge < -0.3 is 9.52 Å². The number of hydrogen-bond donors (Lipinski definition) is 1. The summed E-state index contributed by atoms with van der Waals surface area (Å²) in [5.41, 5.74) is 0.501. The quantitative estimate of drug-likeness (QED) is 0.748. The van der Waals surface area contributed by atoms with E-state index in [1.54, 1.807) is 6.07 Å². The van der Waals surface area contributed by atoms with Crippen LogP contribution in [0.15, 0.2) is 28.7 Å². The number of carbonyl (C=O) groups is 2. The third-order valence-corrected chi connectivity index (χ3v) is 3.29. The second-order valence-electron chi connectivity index (χ2n) is 4.90. The van der Waals surface area contributed by atoms with Crippen molar-refractivity contribution < 1.29 is 19.1 Å². The third-order valence-electron chi connectivity index (χ3n) is 3.29. The number of hydrogen-bond acceptors (Lipinski definition) is 4. The molecule has 0 spiro atoms. The Morgan fingerprint density at radius 1 is 1.10 bits per heavy atom. The van der Waals surface area contributed by atoms with E-state index >= 15 is 0 Å². The molecule has 0 atom stereocenters. The zero-order valence-corrected chi connectivity index (χ0v) is 12.1. The highest BCUT2D eigenvalue weighted by molar-refractivity contribution is 7.59. The molecule has 5 heteroatoms. The Bertz CT molecular complexity index is 713. The van der Waals surface area contributed by atoms with Crippen molar-refractivity contribution in [2.24, 2.45) is 0 Å². The first-order chi connectivity index (χ1) is 9.00. The first-order valence-electron chi connectivity index (χ1n) is 6.05. The second-order valence-corrected chi connectivity index (χ2v) is 4.90. The van der Waals surface area contributed by atoms with Crippen LogP contribution < -0.4 is 0 Å². The molecule has 1 aliphatic carbocycles. The predicted octanol–water partition coefficient (Wildman–Crippen LogP) is 3.00. The van der Waals surface area contributed by atoms with Gasteiger partial charge in [-0.2, -0.15) is 13.5 Å². The van der Waals surface area contributed by atoms with Gasteiger partial charge in [-0.05, 0) is 18.2 Å². The van der Waals surface area contributed by atoms with E-state index in [0.717, 1.165) is 0 Å². The van der Waals surface area contributed by atoms with Gasteiger partial charge in [0, 0.05) is 11.5 Å². The van der Waals surface area contributed by atoms with Gasteiger partial charge in [-0.25, -0.2) is 0 Å². The molecule has 0 radical (unpaired) electrons. The van der Waals surface area contributed by atoms with Crippen LogP contribution in [0.1, 0.15) is 57.6 Å². The van der Waals surface area contributed by atoms with Crippen LogP contribution in [0.4, 0.5) is 0 Å². The van der Waals surface area contributed by atoms with Crippen molar-refractivity contribution in [2.45, 2.75) is 19.8 Å². The summed E-state index contributed by atoms with van der Waals surface area (Å²) in [6.07, 6.45) is 0. The SMILES string of the molecule is CC(C)c1cc2c(o1)C(=O)c1cccc(O)c1C2=O.S. The number of ketones is 2. The summed E-state index contributed by atoms with van der Waals surface area (Å²) in [5.74, 6) is -0.131. The van der Waals surface area contributed by atoms with Gasteiger partial charge in [-0.1, -0.05) is 19.9 Å². The normalized spacial score (nSPS) is 12.9. The maximum Gasteiger partial charge on any atom is 0.229 e. The first kappa shape index (κ1) is 14.4. The number of carbonyl (C=O) groups excluding carboxylic acids is 2. The van der Waals surface area contributed by atoms with Crippen molar-refractivity contribution in [3.05, 3.63) is 52.5 Å². The minimum atomic E-state index is -0.363. The van der Waals surface area contributed by atoms with Crippen LogP contribution in [0.2, 0.25) is 0 Å². The highest BCUT2D eigenvalue weighted by Gasteiger charge is 2.35. The summed E-state index contributed by atoms with van der Waals surface area (Å²) in [6.45, 7) is 3.84. The van der Waals surface area contributed by atoms with E-state index in [0.29, 0.717) is 5.76 Å². The maximum absolute atomic E-state index is 12.3. The standard InChI is InChI=1S/C15H12O4.H2S/c1-7(2)11-6-9-13(17)12-8(4-3-5-10(12)16)14(18)15(9)19-11;/h3-7,16H,1-2H3;1H2. The summed E-state index contributed by atoms with van der Waals surface area (Å²) in [7, 11) is 0. The van der Waals surface area contributed by atoms with Crippen molar-refractivity contribution >= 4 is 25.1 Å². The van der Waals surface area contributed by atoms with Crippen molar-refractivity contribution in [1.82, 2.24) is 0 Å². The van der Waals surface area contributed by atoms with Crippen molar-refractivity contribution in [3.8, 4) is 5.75 Å². The number of benzene rings is 1. The molecule has 1 aliphatic rings. The lowest BCUT2D eigenvalue weighted by molar-refractivity contribution is 0.0957. The molecule has 4 nitrogen and oxygen atoms in total. The lowest BCUT2D eigenvalue weighted by atomic mass is 9.88. The molecule has 104 valence electrons. The van der Waals surface area contributed by atoms with Gasteiger partial charge in [-0.15, -0.1) is 0 Å². The largest absolute Gasteiger partial charge is 0.507 e. The second kappa shape index (κ2) is 4.83. The number of furan rings is 1. The molecular formula is C15H14O4S. The summed E-state index contributed by atoms with van der Waals surface area (Å²) in [5, 5.41) is 9.78. The van der Waals surface area contributed by atoms with Crippen LogP contribution in [-0.2, 0) is 0 Å². The van der Waals surface area contributed by atoms with Crippen LogP contribution in [0, 0.1) is 0 Å². The van der Waals surface area contributed by atoms with E-state index in [1.807, 2.05) is 13.8 Å². The zero-order chi connectivity index (χ0) is 13.7. The molecule has 0 bridgehead atoms. The highest BCUT2D eigenvalue weighted by atomic mass is 32.1. The number of phenolic OH excluding ortho intramolecular Hbond substituents is 1. The Kier molecular flexibility index (Phi) is 3.48. The minimum absolute atomic E-state index is 0. The number of phenols is 1. The van der Waals surface area contributed by atoms with Gasteiger partial charge >= 0.3 is 0 Å². The van der Waals surface area contributed by atoms with Crippen LogP contribution in [0.25, 0.3) is 0 Å². The van der Waals surface area contributed by atoms with Gasteiger partial charge in [0.15, 0.2) is 5.76 Å². The van der Waals surface area contributed by atoms with E-state index in [2.05, 4.69) is 0 Å². The lowest BCUT2D eigenvalue weighted by Gasteiger charge is -2.13. The first-order valence-corrected chi connectivity index (χ1v) is 6.05. The predicted molar refractivity (Wildman–Crippen MR) is 78.1 cm³/mol. The van der Waals surface area contributed by atoms with E-state index in [4.69, 9.17) is 4.42 Å². The average Bonchev–Trinajstić information content (AvgIpc) is 2.81. The molecule has 1 aromatic carbocycles. The summed E-state index contributed by atoms with van der Waals surface area (Å²) < 4.78 is 5.49. The smallest absolute Gasteiger partial charge is 0.229 e. The van der Waals surface area contributed by atoms with Gasteiger partial charge in [0.1, 0.15) is 11.5 Å². The van der Waals surface area contributed by atoms with Gasteiger partial charge in [-0.3, -0.25) is 9.59 Å². The Morgan fingerprint density at radius 2 is 1.80 bits per heavy atom. The molecule has 0 fully saturated rings. The molecule has 20 heavy (non-hydrogen) atoms. The van der Waals surface area contributed by atoms with Crippen molar-refractivity contribution in [1.29, 1.82) is 0 Å². The number of rotatable bonds is 1. The number of aromatic hydroxyl groups is 1. The Hall–Kier alpha value is -2.01. The van der Waals surface area contributed by atoms with Crippen LogP contribution in [0.3, 0.4) is 0 Å². The van der Waals surface area contributed by atoms with Crippen LogP contribution in [0.5, 0.6) is 5.75 Å². The molecule has 0 saturated carbocycles. The molecule has 0 aliphatic heterocycles. The van der Waals surface area contributed by atoms with Gasteiger partial charge in [0.2, 0.25) is 11.6 Å². The monoisotopic (exact) mass is 290 g/mol. The van der Waals surface area contributed by atoms with Crippen molar-refractivity contribution in [3.63, 3.8) is 0 Å². The van der Waals surface area contributed by atoms with Gasteiger partial charge in [0.25, 0.3) is 0 Å². The fourth-order valence-electron chi connectivity index (χ4n) is 2.26. The Balaban J connectivity index is 0.00000147. The number of fused-ring (bicyclic) bond motifs is 2. The molecule has 3 rings (SSSR count). The molecule has 1 N–H and O–H groups in total. The van der Waals surface area contributed by atoms with Crippen LogP contribution in [-0.4, -0.2) is 16.7 Å². The van der Waals surface area contributed by atoms with Crippen molar-refractivity contribution in [2.75, 3.05) is 0 Å². The Labute approximate surface area is 122 Å². The molecule has 1 aromatic heterocycles. The molecule has 0 amide bonds. The molecular weight excluding hydrogens is 276 g/mol. The van der Waals surface area contributed by atoms with Crippen LogP contribution >= 0.6 is 13.5 Å². The summed E-state index contributed by atoms with van der Waals surface area (Å²) in [6, 6.07) is 6.06. The van der Waals surface area contributed by atoms with E-state index in [1.165, 1.54) is 18.2 Å². The minimum Gasteiger partial charge on any atom is -0.507 e. The topological polar surface area (TPSA) is 67.5 Å². The zero-order valence-electron chi connectivity index (χ0n) is 11.1. The molecule has 1 heterocycles. The summed E-state index contributed by atoms with van der Waals surface area (Å²) >= 11 is 0. The van der Waals surface area contributed by atoms with E-state index in [9.17, 15) is 14.7 Å². The van der Waals surface area contributed by atoms with Gasteiger partial charge in [0.05, 0.1) is 11.1 Å². The fourth-order valence-corrected chi connectivity index (χ4v) is 2.26. The Morgan fingerprint density at radius 3 is 2.45 bits per heavy atom. The third kappa shape index (κ3) is 1.86. The molecule has 2 aromatic rings.